The van der Waals surface area contributed by atoms with E-state index in [2.05, 4.69) is 53.7 Å². The smallest absolute Gasteiger partial charge is 0.191 e. The Hall–Kier alpha value is -0.820. The Labute approximate surface area is 138 Å². The number of benzene rings is 1. The summed E-state index contributed by atoms with van der Waals surface area (Å²) in [5.41, 5.74) is 1.50. The summed E-state index contributed by atoms with van der Waals surface area (Å²) in [6, 6.07) is 10.6. The summed E-state index contributed by atoms with van der Waals surface area (Å²) in [5.74, 6) is 0.837. The van der Waals surface area contributed by atoms with E-state index < -0.39 is 0 Å². The molecular weight excluding hydrogens is 365 g/mol. The number of aliphatic imine (C=N–C) groups is 1. The first-order valence-corrected chi connectivity index (χ1v) is 6.73. The molecule has 1 unspecified atom stereocenters. The summed E-state index contributed by atoms with van der Waals surface area (Å²) in [6.45, 7) is 6.89. The first-order chi connectivity index (χ1) is 9.13. The SMILES string of the molecule is CN=C(NCC1(C)COC1)NC(C)c1ccccc1.I. The third-order valence-electron chi connectivity index (χ3n) is 3.46. The molecule has 1 aliphatic heterocycles. The number of halogens is 1. The van der Waals surface area contributed by atoms with Crippen molar-refractivity contribution in [2.75, 3.05) is 26.8 Å². The predicted octanol–water partition coefficient (Wildman–Crippen LogP) is 2.57. The van der Waals surface area contributed by atoms with Gasteiger partial charge in [-0.05, 0) is 12.5 Å². The van der Waals surface area contributed by atoms with E-state index in [4.69, 9.17) is 4.74 Å². The van der Waals surface area contributed by atoms with E-state index in [0.29, 0.717) is 0 Å². The van der Waals surface area contributed by atoms with Gasteiger partial charge in [0.15, 0.2) is 5.96 Å². The van der Waals surface area contributed by atoms with Crippen molar-refractivity contribution in [3.63, 3.8) is 0 Å². The van der Waals surface area contributed by atoms with Crippen LogP contribution in [0.5, 0.6) is 0 Å². The first-order valence-electron chi connectivity index (χ1n) is 6.73. The Bertz CT molecular complexity index is 432. The van der Waals surface area contributed by atoms with Crippen LogP contribution >= 0.6 is 24.0 Å². The molecule has 0 radical (unpaired) electrons. The van der Waals surface area contributed by atoms with Gasteiger partial charge in [0.05, 0.1) is 19.3 Å². The zero-order valence-corrected chi connectivity index (χ0v) is 14.7. The Balaban J connectivity index is 0.00000200. The summed E-state index contributed by atoms with van der Waals surface area (Å²) >= 11 is 0. The second-order valence-electron chi connectivity index (χ2n) is 5.51. The number of nitrogens with zero attached hydrogens (tertiary/aromatic N) is 1. The normalized spacial score (nSPS) is 18.4. The third kappa shape index (κ3) is 4.63. The monoisotopic (exact) mass is 389 g/mol. The van der Waals surface area contributed by atoms with E-state index in [-0.39, 0.29) is 35.4 Å². The van der Waals surface area contributed by atoms with Crippen LogP contribution in [0.4, 0.5) is 0 Å². The lowest BCUT2D eigenvalue weighted by Crippen LogP contribution is -2.51. The average Bonchev–Trinajstić information content (AvgIpc) is 2.42. The van der Waals surface area contributed by atoms with Gasteiger partial charge in [-0.25, -0.2) is 0 Å². The van der Waals surface area contributed by atoms with Gasteiger partial charge in [0.25, 0.3) is 0 Å². The lowest BCUT2D eigenvalue weighted by molar-refractivity contribution is -0.0971. The predicted molar refractivity (Wildman–Crippen MR) is 93.7 cm³/mol. The fourth-order valence-electron chi connectivity index (χ4n) is 2.07. The minimum atomic E-state index is 0. The molecule has 112 valence electrons. The van der Waals surface area contributed by atoms with Crippen LogP contribution in [0, 0.1) is 5.41 Å². The van der Waals surface area contributed by atoms with Crippen LogP contribution in [-0.2, 0) is 4.74 Å². The molecule has 0 aromatic heterocycles. The number of guanidine groups is 1. The highest BCUT2D eigenvalue weighted by Crippen LogP contribution is 2.25. The van der Waals surface area contributed by atoms with Crippen LogP contribution in [0.1, 0.15) is 25.5 Å². The minimum Gasteiger partial charge on any atom is -0.380 e. The maximum atomic E-state index is 5.25. The summed E-state index contributed by atoms with van der Waals surface area (Å²) in [6.07, 6.45) is 0. The Morgan fingerprint density at radius 3 is 2.50 bits per heavy atom. The third-order valence-corrected chi connectivity index (χ3v) is 3.46. The quantitative estimate of drug-likeness (QED) is 0.473. The van der Waals surface area contributed by atoms with Gasteiger partial charge < -0.3 is 15.4 Å². The number of rotatable bonds is 4. The maximum Gasteiger partial charge on any atom is 0.191 e. The number of hydrogen-bond acceptors (Lipinski definition) is 2. The molecule has 1 aromatic rings. The first kappa shape index (κ1) is 17.2. The van der Waals surface area contributed by atoms with Gasteiger partial charge in [-0.2, -0.15) is 0 Å². The molecule has 1 fully saturated rings. The van der Waals surface area contributed by atoms with Gasteiger partial charge in [-0.15, -0.1) is 24.0 Å². The van der Waals surface area contributed by atoms with Gasteiger partial charge in [0.1, 0.15) is 0 Å². The van der Waals surface area contributed by atoms with Gasteiger partial charge in [-0.3, -0.25) is 4.99 Å². The van der Waals surface area contributed by atoms with Gasteiger partial charge in [0, 0.05) is 19.0 Å². The van der Waals surface area contributed by atoms with E-state index in [0.717, 1.165) is 25.7 Å². The molecule has 1 heterocycles. The molecule has 1 aliphatic rings. The Morgan fingerprint density at radius 2 is 2.00 bits per heavy atom. The van der Waals surface area contributed by atoms with Crippen LogP contribution in [0.2, 0.25) is 0 Å². The lowest BCUT2D eigenvalue weighted by Gasteiger charge is -2.38. The summed E-state index contributed by atoms with van der Waals surface area (Å²) in [4.78, 5) is 4.27. The molecule has 0 saturated carbocycles. The largest absolute Gasteiger partial charge is 0.380 e. The highest BCUT2D eigenvalue weighted by atomic mass is 127. The molecule has 4 nitrogen and oxygen atoms in total. The van der Waals surface area contributed by atoms with Crippen molar-refractivity contribution in [2.45, 2.75) is 19.9 Å². The van der Waals surface area contributed by atoms with Crippen LogP contribution in [-0.4, -0.2) is 32.8 Å². The standard InChI is InChI=1S/C15H23N3O.HI/c1-12(13-7-5-4-6-8-13)18-14(16-3)17-9-15(2)10-19-11-15;/h4-8,12H,9-11H2,1-3H3,(H2,16,17,18);1H. The fourth-order valence-corrected chi connectivity index (χ4v) is 2.07. The van der Waals surface area contributed by atoms with E-state index in [9.17, 15) is 0 Å². The van der Waals surface area contributed by atoms with E-state index in [1.807, 2.05) is 6.07 Å². The van der Waals surface area contributed by atoms with Crippen molar-refractivity contribution in [2.24, 2.45) is 10.4 Å². The van der Waals surface area contributed by atoms with E-state index in [1.165, 1.54) is 5.56 Å². The minimum absolute atomic E-state index is 0. The van der Waals surface area contributed by atoms with E-state index >= 15 is 0 Å². The molecule has 0 amide bonds. The molecule has 2 N–H and O–H groups in total. The molecule has 0 aliphatic carbocycles. The van der Waals surface area contributed by atoms with Crippen molar-refractivity contribution in [1.82, 2.24) is 10.6 Å². The van der Waals surface area contributed by atoms with Gasteiger partial charge >= 0.3 is 0 Å². The molecular formula is C15H24IN3O. The van der Waals surface area contributed by atoms with Crippen LogP contribution in [0.15, 0.2) is 35.3 Å². The van der Waals surface area contributed by atoms with Crippen LogP contribution < -0.4 is 10.6 Å². The van der Waals surface area contributed by atoms with E-state index in [1.54, 1.807) is 7.05 Å². The fraction of sp³-hybridized carbons (Fsp3) is 0.533. The zero-order chi connectivity index (χ0) is 13.7. The van der Waals surface area contributed by atoms with Crippen molar-refractivity contribution in [1.29, 1.82) is 0 Å². The topological polar surface area (TPSA) is 45.7 Å². The lowest BCUT2D eigenvalue weighted by atomic mass is 9.89. The van der Waals surface area contributed by atoms with Crippen molar-refractivity contribution in [3.8, 4) is 0 Å². The second kappa shape index (κ2) is 7.83. The van der Waals surface area contributed by atoms with Gasteiger partial charge in [0.2, 0.25) is 0 Å². The molecule has 1 atom stereocenters. The van der Waals surface area contributed by atoms with Crippen LogP contribution in [0.3, 0.4) is 0 Å². The van der Waals surface area contributed by atoms with Crippen LogP contribution in [0.25, 0.3) is 0 Å². The van der Waals surface area contributed by atoms with Crippen molar-refractivity contribution < 1.29 is 4.74 Å². The molecule has 1 aromatic carbocycles. The molecule has 1 saturated heterocycles. The molecule has 0 spiro atoms. The van der Waals surface area contributed by atoms with Crippen molar-refractivity contribution in [3.05, 3.63) is 35.9 Å². The maximum absolute atomic E-state index is 5.25. The second-order valence-corrected chi connectivity index (χ2v) is 5.51. The van der Waals surface area contributed by atoms with Crippen molar-refractivity contribution >= 4 is 29.9 Å². The van der Waals surface area contributed by atoms with Gasteiger partial charge in [-0.1, -0.05) is 37.3 Å². The Kier molecular flexibility index (Phi) is 6.75. The number of nitrogens with one attached hydrogen (secondary N) is 2. The highest BCUT2D eigenvalue weighted by molar-refractivity contribution is 14.0. The average molecular weight is 389 g/mol. The number of hydrogen-bond donors (Lipinski definition) is 2. The summed E-state index contributed by atoms with van der Waals surface area (Å²) in [5, 5.41) is 6.77. The number of ether oxygens (including phenoxy) is 1. The zero-order valence-electron chi connectivity index (χ0n) is 12.3. The molecule has 20 heavy (non-hydrogen) atoms. The molecule has 0 bridgehead atoms. The molecule has 5 heteroatoms. The summed E-state index contributed by atoms with van der Waals surface area (Å²) < 4.78 is 5.25. The summed E-state index contributed by atoms with van der Waals surface area (Å²) in [7, 11) is 1.80. The Morgan fingerprint density at radius 1 is 1.35 bits per heavy atom. The highest BCUT2D eigenvalue weighted by Gasteiger charge is 2.33. The molecule has 2 rings (SSSR count).